The first-order valence-corrected chi connectivity index (χ1v) is 8.35. The van der Waals surface area contributed by atoms with E-state index in [9.17, 15) is 9.59 Å². The number of hydrogen-bond acceptors (Lipinski definition) is 2. The zero-order valence-electron chi connectivity index (χ0n) is 13.4. The minimum Gasteiger partial charge on any atom is -0.326 e. The Hall–Kier alpha value is -2.33. The van der Waals surface area contributed by atoms with E-state index in [-0.39, 0.29) is 24.2 Å². The lowest BCUT2D eigenvalue weighted by Gasteiger charge is -2.12. The molecule has 1 aliphatic carbocycles. The van der Waals surface area contributed by atoms with Crippen LogP contribution < -0.4 is 10.6 Å². The van der Waals surface area contributed by atoms with E-state index in [1.807, 2.05) is 37.3 Å². The van der Waals surface area contributed by atoms with Crippen LogP contribution in [-0.2, 0) is 16.0 Å². The van der Waals surface area contributed by atoms with E-state index in [0.717, 1.165) is 24.0 Å². The number of carbonyl (C=O) groups is 2. The van der Waals surface area contributed by atoms with Gasteiger partial charge in [-0.1, -0.05) is 35.9 Å². The van der Waals surface area contributed by atoms with Crippen molar-refractivity contribution in [2.45, 2.75) is 26.2 Å². The molecule has 0 aromatic heterocycles. The molecule has 0 saturated heterocycles. The highest BCUT2D eigenvalue weighted by atomic mass is 35.5. The van der Waals surface area contributed by atoms with E-state index >= 15 is 0 Å². The van der Waals surface area contributed by atoms with Crippen molar-refractivity contribution >= 4 is 34.8 Å². The summed E-state index contributed by atoms with van der Waals surface area (Å²) >= 11 is 6.09. The van der Waals surface area contributed by atoms with Crippen molar-refractivity contribution in [2.24, 2.45) is 5.92 Å². The molecule has 1 fully saturated rings. The molecule has 0 spiro atoms. The van der Waals surface area contributed by atoms with Gasteiger partial charge in [-0.3, -0.25) is 9.59 Å². The number of anilines is 2. The van der Waals surface area contributed by atoms with E-state index in [1.54, 1.807) is 12.1 Å². The van der Waals surface area contributed by atoms with Gasteiger partial charge in [0.1, 0.15) is 0 Å². The molecule has 2 amide bonds. The van der Waals surface area contributed by atoms with Gasteiger partial charge >= 0.3 is 0 Å². The highest BCUT2D eigenvalue weighted by Gasteiger charge is 2.29. The molecule has 2 N–H and O–H groups in total. The predicted molar refractivity (Wildman–Crippen MR) is 96.3 cm³/mol. The number of amides is 2. The largest absolute Gasteiger partial charge is 0.326 e. The Balaban J connectivity index is 1.68. The van der Waals surface area contributed by atoms with Crippen LogP contribution in [0.15, 0.2) is 42.5 Å². The maximum atomic E-state index is 12.3. The molecule has 0 heterocycles. The molecule has 1 aliphatic rings. The van der Waals surface area contributed by atoms with Gasteiger partial charge in [0.05, 0.1) is 6.42 Å². The quantitative estimate of drug-likeness (QED) is 0.856. The minimum atomic E-state index is -0.142. The van der Waals surface area contributed by atoms with Crippen LogP contribution in [0.4, 0.5) is 11.4 Å². The first-order chi connectivity index (χ1) is 11.5. The molecule has 4 nitrogen and oxygen atoms in total. The average molecular weight is 343 g/mol. The van der Waals surface area contributed by atoms with Gasteiger partial charge in [-0.05, 0) is 49.1 Å². The lowest BCUT2D eigenvalue weighted by molar-refractivity contribution is -0.117. The Labute approximate surface area is 146 Å². The number of rotatable bonds is 5. The zero-order chi connectivity index (χ0) is 17.1. The highest BCUT2D eigenvalue weighted by molar-refractivity contribution is 6.31. The number of aryl methyl sites for hydroxylation is 1. The molecular weight excluding hydrogens is 324 g/mol. The molecular formula is C19H19ClN2O2. The van der Waals surface area contributed by atoms with Crippen LogP contribution in [0.1, 0.15) is 24.0 Å². The maximum absolute atomic E-state index is 12.3. The molecule has 0 bridgehead atoms. The van der Waals surface area contributed by atoms with Gasteiger partial charge in [0.15, 0.2) is 0 Å². The predicted octanol–water partition coefficient (Wildman–Crippen LogP) is 4.18. The van der Waals surface area contributed by atoms with Crippen molar-refractivity contribution in [3.63, 3.8) is 0 Å². The van der Waals surface area contributed by atoms with Crippen LogP contribution in [-0.4, -0.2) is 11.8 Å². The monoisotopic (exact) mass is 342 g/mol. The Morgan fingerprint density at radius 3 is 2.58 bits per heavy atom. The average Bonchev–Trinajstić information content (AvgIpc) is 3.38. The molecule has 5 heteroatoms. The summed E-state index contributed by atoms with van der Waals surface area (Å²) in [7, 11) is 0. The van der Waals surface area contributed by atoms with Crippen LogP contribution in [0.2, 0.25) is 5.02 Å². The molecule has 2 aromatic rings. The SMILES string of the molecule is Cc1ccc(NC(=O)C2CC2)cc1NC(=O)Cc1ccccc1Cl. The summed E-state index contributed by atoms with van der Waals surface area (Å²) in [5.74, 6) is 0.0497. The van der Waals surface area contributed by atoms with Gasteiger partial charge in [-0.15, -0.1) is 0 Å². The third kappa shape index (κ3) is 4.15. The fraction of sp³-hybridized carbons (Fsp3) is 0.263. The topological polar surface area (TPSA) is 58.2 Å². The maximum Gasteiger partial charge on any atom is 0.228 e. The highest BCUT2D eigenvalue weighted by Crippen LogP contribution is 2.31. The molecule has 3 rings (SSSR count). The van der Waals surface area contributed by atoms with E-state index in [2.05, 4.69) is 10.6 Å². The Morgan fingerprint density at radius 2 is 1.88 bits per heavy atom. The number of benzene rings is 2. The fourth-order valence-electron chi connectivity index (χ4n) is 2.43. The van der Waals surface area contributed by atoms with Crippen molar-refractivity contribution in [1.29, 1.82) is 0 Å². The van der Waals surface area contributed by atoms with Gasteiger partial charge in [0.2, 0.25) is 11.8 Å². The standard InChI is InChI=1S/C19H19ClN2O2/c1-12-6-9-15(21-19(24)13-7-8-13)11-17(12)22-18(23)10-14-4-2-3-5-16(14)20/h2-6,9,11,13H,7-8,10H2,1H3,(H,21,24)(H,22,23). The van der Waals surface area contributed by atoms with Crippen LogP contribution in [0.3, 0.4) is 0 Å². The number of carbonyl (C=O) groups excluding carboxylic acids is 2. The van der Waals surface area contributed by atoms with Gasteiger partial charge in [0, 0.05) is 22.3 Å². The van der Waals surface area contributed by atoms with Crippen LogP contribution in [0, 0.1) is 12.8 Å². The van der Waals surface area contributed by atoms with Gasteiger partial charge < -0.3 is 10.6 Å². The van der Waals surface area contributed by atoms with Crippen LogP contribution >= 0.6 is 11.6 Å². The van der Waals surface area contributed by atoms with Crippen molar-refractivity contribution < 1.29 is 9.59 Å². The molecule has 124 valence electrons. The van der Waals surface area contributed by atoms with Crippen molar-refractivity contribution in [3.8, 4) is 0 Å². The first kappa shape index (κ1) is 16.5. The molecule has 0 radical (unpaired) electrons. The molecule has 1 saturated carbocycles. The summed E-state index contributed by atoms with van der Waals surface area (Å²) in [5.41, 5.74) is 3.12. The van der Waals surface area contributed by atoms with Crippen LogP contribution in [0.25, 0.3) is 0 Å². The minimum absolute atomic E-state index is 0.0483. The Morgan fingerprint density at radius 1 is 1.12 bits per heavy atom. The van der Waals surface area contributed by atoms with Gasteiger partial charge in [-0.2, -0.15) is 0 Å². The third-order valence-electron chi connectivity index (χ3n) is 4.04. The van der Waals surface area contributed by atoms with Crippen molar-refractivity contribution in [1.82, 2.24) is 0 Å². The molecule has 2 aromatic carbocycles. The smallest absolute Gasteiger partial charge is 0.228 e. The summed E-state index contributed by atoms with van der Waals surface area (Å²) in [5, 5.41) is 6.37. The molecule has 24 heavy (non-hydrogen) atoms. The number of hydrogen-bond donors (Lipinski definition) is 2. The first-order valence-electron chi connectivity index (χ1n) is 7.97. The van der Waals surface area contributed by atoms with Gasteiger partial charge in [-0.25, -0.2) is 0 Å². The second kappa shape index (κ2) is 7.05. The van der Waals surface area contributed by atoms with Gasteiger partial charge in [0.25, 0.3) is 0 Å². The number of nitrogens with one attached hydrogen (secondary N) is 2. The fourth-order valence-corrected chi connectivity index (χ4v) is 2.64. The molecule has 0 unspecified atom stereocenters. The zero-order valence-corrected chi connectivity index (χ0v) is 14.2. The van der Waals surface area contributed by atoms with Crippen molar-refractivity contribution in [3.05, 3.63) is 58.6 Å². The Bertz CT molecular complexity index is 785. The van der Waals surface area contributed by atoms with E-state index in [1.165, 1.54) is 0 Å². The van der Waals surface area contributed by atoms with E-state index in [0.29, 0.717) is 16.4 Å². The summed E-state index contributed by atoms with van der Waals surface area (Å²) < 4.78 is 0. The molecule has 0 atom stereocenters. The number of halogens is 1. The summed E-state index contributed by atoms with van der Waals surface area (Å²) in [6.45, 7) is 1.91. The summed E-state index contributed by atoms with van der Waals surface area (Å²) in [6.07, 6.45) is 2.12. The lowest BCUT2D eigenvalue weighted by Crippen LogP contribution is -2.17. The second-order valence-electron chi connectivity index (χ2n) is 6.11. The summed E-state index contributed by atoms with van der Waals surface area (Å²) in [4.78, 5) is 24.1. The van der Waals surface area contributed by atoms with Crippen molar-refractivity contribution in [2.75, 3.05) is 10.6 Å². The normalized spacial score (nSPS) is 13.4. The molecule has 0 aliphatic heterocycles. The third-order valence-corrected chi connectivity index (χ3v) is 4.40. The van der Waals surface area contributed by atoms with Crippen LogP contribution in [0.5, 0.6) is 0 Å². The second-order valence-corrected chi connectivity index (χ2v) is 6.52. The van der Waals surface area contributed by atoms with E-state index < -0.39 is 0 Å². The lowest BCUT2D eigenvalue weighted by atomic mass is 10.1. The Kier molecular flexibility index (Phi) is 4.86. The summed E-state index contributed by atoms with van der Waals surface area (Å²) in [6, 6.07) is 12.8. The van der Waals surface area contributed by atoms with E-state index in [4.69, 9.17) is 11.6 Å².